The minimum Gasteiger partial charge on any atom is -0.453 e. The summed E-state index contributed by atoms with van der Waals surface area (Å²) in [7, 11) is 0. The Hall–Kier alpha value is -6.06. The summed E-state index contributed by atoms with van der Waals surface area (Å²) in [5.41, 5.74) is 11.7. The number of para-hydroxylation sites is 5. The zero-order valence-corrected chi connectivity index (χ0v) is 24.3. The van der Waals surface area contributed by atoms with Gasteiger partial charge in [0.1, 0.15) is 0 Å². The maximum atomic E-state index is 6.52. The quantitative estimate of drug-likeness (QED) is 0.205. The highest BCUT2D eigenvalue weighted by Crippen LogP contribution is 2.47. The van der Waals surface area contributed by atoms with Gasteiger partial charge in [-0.3, -0.25) is 0 Å². The molecule has 45 heavy (non-hydrogen) atoms. The third-order valence-corrected chi connectivity index (χ3v) is 9.30. The van der Waals surface area contributed by atoms with E-state index < -0.39 is 0 Å². The van der Waals surface area contributed by atoms with E-state index in [9.17, 15) is 0 Å². The number of nitrogens with zero attached hydrogens (tertiary/aromatic N) is 2. The topological polar surface area (TPSA) is 19.1 Å². The van der Waals surface area contributed by atoms with Crippen molar-refractivity contribution < 1.29 is 4.74 Å². The van der Waals surface area contributed by atoms with Gasteiger partial charge in [0.15, 0.2) is 11.5 Å². The second-order valence-electron chi connectivity index (χ2n) is 11.8. The lowest BCUT2D eigenvalue weighted by atomic mass is 9.98. The molecule has 0 atom stereocenters. The Kier molecular flexibility index (Phi) is 5.00. The molecule has 10 rings (SSSR count). The van der Waals surface area contributed by atoms with Gasteiger partial charge in [0.05, 0.1) is 27.8 Å². The number of fused-ring (bicyclic) bond motifs is 8. The van der Waals surface area contributed by atoms with E-state index in [-0.39, 0.29) is 0 Å². The first kappa shape index (κ1) is 24.4. The lowest BCUT2D eigenvalue weighted by molar-refractivity contribution is 0.476. The van der Waals surface area contributed by atoms with Crippen molar-refractivity contribution >= 4 is 43.6 Å². The molecule has 0 spiro atoms. The normalized spacial score (nSPS) is 12.2. The molecule has 1 aliphatic heterocycles. The fourth-order valence-electron chi connectivity index (χ4n) is 7.28. The average Bonchev–Trinajstić information content (AvgIpc) is 3.63. The molecule has 2 aromatic heterocycles. The number of ether oxygens (including phenoxy) is 1. The molecular formula is C42H26N2O. The molecule has 0 N–H and O–H groups in total. The number of benzene rings is 7. The summed E-state index contributed by atoms with van der Waals surface area (Å²) in [5.74, 6) is 1.77. The maximum Gasteiger partial charge on any atom is 0.152 e. The molecule has 0 unspecified atom stereocenters. The van der Waals surface area contributed by atoms with Gasteiger partial charge >= 0.3 is 0 Å². The number of hydrogen-bond donors (Lipinski definition) is 0. The summed E-state index contributed by atoms with van der Waals surface area (Å²) in [6.45, 7) is 0. The van der Waals surface area contributed by atoms with Crippen LogP contribution in [0, 0.1) is 0 Å². The first-order valence-electron chi connectivity index (χ1n) is 15.4. The Morgan fingerprint density at radius 1 is 0.356 bits per heavy atom. The van der Waals surface area contributed by atoms with Crippen LogP contribution in [0.15, 0.2) is 158 Å². The van der Waals surface area contributed by atoms with Crippen molar-refractivity contribution in [2.45, 2.75) is 0 Å². The second-order valence-corrected chi connectivity index (χ2v) is 11.8. The monoisotopic (exact) mass is 574 g/mol. The molecule has 0 fully saturated rings. The third-order valence-electron chi connectivity index (χ3n) is 9.30. The molecule has 210 valence electrons. The van der Waals surface area contributed by atoms with E-state index in [1.807, 2.05) is 12.1 Å². The fraction of sp³-hybridized carbons (Fsp3) is 0. The van der Waals surface area contributed by atoms with Crippen LogP contribution in [0.4, 0.5) is 0 Å². The number of hydrogen-bond acceptors (Lipinski definition) is 1. The SMILES string of the molecule is c1cc(-c2ccc(-c3cc4c5c(c3)c3ccccc3n5-c3ccccc3O4)cc2)cc(-n2c3ccccc3c3ccccc32)c1. The Balaban J connectivity index is 1.08. The fourth-order valence-corrected chi connectivity index (χ4v) is 7.28. The molecule has 0 bridgehead atoms. The molecule has 0 aliphatic carbocycles. The molecule has 0 radical (unpaired) electrons. The van der Waals surface area contributed by atoms with E-state index in [0.717, 1.165) is 39.5 Å². The Morgan fingerprint density at radius 3 is 1.64 bits per heavy atom. The second kappa shape index (κ2) is 9.22. The smallest absolute Gasteiger partial charge is 0.152 e. The van der Waals surface area contributed by atoms with Crippen LogP contribution in [0.1, 0.15) is 0 Å². The largest absolute Gasteiger partial charge is 0.453 e. The van der Waals surface area contributed by atoms with Gasteiger partial charge in [0.2, 0.25) is 0 Å². The molecule has 0 saturated heterocycles. The van der Waals surface area contributed by atoms with Gasteiger partial charge in [-0.25, -0.2) is 0 Å². The lowest BCUT2D eigenvalue weighted by Gasteiger charge is -2.21. The number of aromatic nitrogens is 2. The Bertz CT molecular complexity index is 2570. The minimum atomic E-state index is 0.878. The van der Waals surface area contributed by atoms with Crippen molar-refractivity contribution in [1.82, 2.24) is 9.13 Å². The Morgan fingerprint density at radius 2 is 0.933 bits per heavy atom. The standard InChI is InChI=1S/C42H26N2O/c1-4-15-36-32(12-1)33-13-2-5-16-37(33)43(36)31-11-9-10-29(24-31)27-20-22-28(23-21-27)30-25-35-34-14-3-6-17-38(34)44-39-18-7-8-19-40(39)45-41(26-30)42(35)44/h1-26H. The molecule has 3 heteroatoms. The van der Waals surface area contributed by atoms with Gasteiger partial charge in [0, 0.05) is 27.2 Å². The van der Waals surface area contributed by atoms with Crippen molar-refractivity contribution in [1.29, 1.82) is 0 Å². The molecule has 0 amide bonds. The highest BCUT2D eigenvalue weighted by molar-refractivity contribution is 6.13. The summed E-state index contributed by atoms with van der Waals surface area (Å²) in [4.78, 5) is 0. The summed E-state index contributed by atoms with van der Waals surface area (Å²) in [6, 6.07) is 56.5. The average molecular weight is 575 g/mol. The molecule has 0 saturated carbocycles. The van der Waals surface area contributed by atoms with Crippen LogP contribution in [0.3, 0.4) is 0 Å². The van der Waals surface area contributed by atoms with Crippen LogP contribution in [0.25, 0.3) is 77.2 Å². The van der Waals surface area contributed by atoms with Crippen molar-refractivity contribution in [3.05, 3.63) is 158 Å². The summed E-state index contributed by atoms with van der Waals surface area (Å²) in [5, 5.41) is 4.98. The summed E-state index contributed by atoms with van der Waals surface area (Å²) in [6.07, 6.45) is 0. The van der Waals surface area contributed by atoms with Gasteiger partial charge in [-0.15, -0.1) is 0 Å². The first-order valence-corrected chi connectivity index (χ1v) is 15.4. The van der Waals surface area contributed by atoms with Crippen molar-refractivity contribution in [2.75, 3.05) is 0 Å². The summed E-state index contributed by atoms with van der Waals surface area (Å²) < 4.78 is 11.2. The highest BCUT2D eigenvalue weighted by atomic mass is 16.5. The Labute approximate surface area is 259 Å². The summed E-state index contributed by atoms with van der Waals surface area (Å²) >= 11 is 0. The van der Waals surface area contributed by atoms with Crippen LogP contribution in [0.5, 0.6) is 11.5 Å². The molecule has 3 heterocycles. The molecule has 9 aromatic rings. The predicted molar refractivity (Wildman–Crippen MR) is 186 cm³/mol. The van der Waals surface area contributed by atoms with Crippen LogP contribution < -0.4 is 4.74 Å². The van der Waals surface area contributed by atoms with Crippen LogP contribution in [0.2, 0.25) is 0 Å². The van der Waals surface area contributed by atoms with Crippen molar-refractivity contribution in [2.24, 2.45) is 0 Å². The van der Waals surface area contributed by atoms with Gasteiger partial charge in [-0.05, 0) is 76.9 Å². The van der Waals surface area contributed by atoms with E-state index in [1.54, 1.807) is 0 Å². The van der Waals surface area contributed by atoms with Crippen molar-refractivity contribution in [3.63, 3.8) is 0 Å². The molecular weight excluding hydrogens is 548 g/mol. The van der Waals surface area contributed by atoms with Crippen LogP contribution >= 0.6 is 0 Å². The maximum absolute atomic E-state index is 6.52. The zero-order chi connectivity index (χ0) is 29.5. The molecule has 1 aliphatic rings. The van der Waals surface area contributed by atoms with E-state index in [0.29, 0.717) is 0 Å². The van der Waals surface area contributed by atoms with Crippen LogP contribution in [-0.4, -0.2) is 9.13 Å². The van der Waals surface area contributed by atoms with Gasteiger partial charge in [-0.1, -0.05) is 103 Å². The predicted octanol–water partition coefficient (Wildman–Crippen LogP) is 11.3. The lowest BCUT2D eigenvalue weighted by Crippen LogP contribution is -2.03. The zero-order valence-electron chi connectivity index (χ0n) is 24.3. The van der Waals surface area contributed by atoms with Crippen molar-refractivity contribution in [3.8, 4) is 45.1 Å². The van der Waals surface area contributed by atoms with Gasteiger partial charge in [-0.2, -0.15) is 0 Å². The number of rotatable bonds is 3. The van der Waals surface area contributed by atoms with E-state index in [2.05, 4.69) is 155 Å². The van der Waals surface area contributed by atoms with Gasteiger partial charge in [0.25, 0.3) is 0 Å². The van der Waals surface area contributed by atoms with E-state index >= 15 is 0 Å². The molecule has 7 aromatic carbocycles. The first-order chi connectivity index (χ1) is 22.3. The highest BCUT2D eigenvalue weighted by Gasteiger charge is 2.24. The minimum absolute atomic E-state index is 0.878. The van der Waals surface area contributed by atoms with Crippen LogP contribution in [-0.2, 0) is 0 Å². The third kappa shape index (κ3) is 3.52. The molecule has 3 nitrogen and oxygen atoms in total. The van der Waals surface area contributed by atoms with E-state index in [4.69, 9.17) is 4.74 Å². The van der Waals surface area contributed by atoms with Gasteiger partial charge < -0.3 is 13.9 Å². The van der Waals surface area contributed by atoms with E-state index in [1.165, 1.54) is 49.2 Å².